The van der Waals surface area contributed by atoms with E-state index in [9.17, 15) is 21.2 Å². The summed E-state index contributed by atoms with van der Waals surface area (Å²) >= 11 is 5.97. The van der Waals surface area contributed by atoms with Crippen LogP contribution in [-0.2, 0) is 19.9 Å². The number of sulfone groups is 1. The lowest BCUT2D eigenvalue weighted by Gasteiger charge is -2.37. The van der Waals surface area contributed by atoms with Crippen LogP contribution in [-0.4, -0.2) is 39.5 Å². The molecule has 0 saturated carbocycles. The van der Waals surface area contributed by atoms with Crippen LogP contribution < -0.4 is 0 Å². The number of hydrogen-bond donors (Lipinski definition) is 0. The van der Waals surface area contributed by atoms with Gasteiger partial charge in [0.25, 0.3) is 0 Å². The molecule has 3 rings (SSSR count). The van der Waals surface area contributed by atoms with Gasteiger partial charge in [-0.3, -0.25) is 0 Å². The highest BCUT2D eigenvalue weighted by atomic mass is 35.5. The summed E-state index contributed by atoms with van der Waals surface area (Å²) in [6, 6.07) is 9.07. The summed E-state index contributed by atoms with van der Waals surface area (Å²) in [5.41, 5.74) is 0.425. The highest BCUT2D eigenvalue weighted by Gasteiger charge is 2.44. The number of halogens is 2. The standard InChI is InChI=1S/C16H15ClFNO4S2/c1-11-15(17)3-2-4-16(11)25(22,23)19-9-14(10-19)24(20,21)13-7-5-12(18)6-8-13/h2-8,14H,9-10H2,1H3. The highest BCUT2D eigenvalue weighted by molar-refractivity contribution is 7.92. The van der Waals surface area contributed by atoms with Crippen LogP contribution in [0.2, 0.25) is 5.02 Å². The number of benzene rings is 2. The zero-order valence-corrected chi connectivity index (χ0v) is 15.6. The molecule has 0 unspecified atom stereocenters. The second-order valence-corrected chi connectivity index (χ2v) is 10.3. The molecule has 1 heterocycles. The quantitative estimate of drug-likeness (QED) is 0.736. The smallest absolute Gasteiger partial charge is 0.223 e. The highest BCUT2D eigenvalue weighted by Crippen LogP contribution is 2.31. The molecule has 9 heteroatoms. The average molecular weight is 404 g/mol. The summed E-state index contributed by atoms with van der Waals surface area (Å²) in [6.45, 7) is 1.31. The minimum Gasteiger partial charge on any atom is -0.223 e. The molecule has 0 radical (unpaired) electrons. The third kappa shape index (κ3) is 3.19. The van der Waals surface area contributed by atoms with Crippen LogP contribution >= 0.6 is 11.6 Å². The summed E-state index contributed by atoms with van der Waals surface area (Å²) in [5.74, 6) is -0.534. The van der Waals surface area contributed by atoms with Gasteiger partial charge in [-0.2, -0.15) is 4.31 Å². The molecule has 0 atom stereocenters. The predicted molar refractivity (Wildman–Crippen MR) is 92.3 cm³/mol. The fourth-order valence-corrected chi connectivity index (χ4v) is 6.47. The molecule has 0 aliphatic carbocycles. The topological polar surface area (TPSA) is 71.5 Å². The Labute approximate surface area is 151 Å². The molecule has 0 bridgehead atoms. The molecule has 1 aliphatic heterocycles. The van der Waals surface area contributed by atoms with Gasteiger partial charge < -0.3 is 0 Å². The maximum absolute atomic E-state index is 13.0. The van der Waals surface area contributed by atoms with E-state index in [1.807, 2.05) is 0 Å². The van der Waals surface area contributed by atoms with Crippen LogP contribution in [0.15, 0.2) is 52.3 Å². The second kappa shape index (κ2) is 6.35. The van der Waals surface area contributed by atoms with Crippen molar-refractivity contribution in [1.82, 2.24) is 4.31 Å². The maximum Gasteiger partial charge on any atom is 0.243 e. The Hall–Kier alpha value is -1.48. The number of nitrogens with zero attached hydrogens (tertiary/aromatic N) is 1. The molecule has 0 N–H and O–H groups in total. The van der Waals surface area contributed by atoms with Gasteiger partial charge in [0, 0.05) is 18.1 Å². The van der Waals surface area contributed by atoms with E-state index in [1.54, 1.807) is 13.0 Å². The molecule has 25 heavy (non-hydrogen) atoms. The van der Waals surface area contributed by atoms with E-state index in [4.69, 9.17) is 11.6 Å². The molecule has 0 spiro atoms. The van der Waals surface area contributed by atoms with Crippen molar-refractivity contribution in [3.8, 4) is 0 Å². The van der Waals surface area contributed by atoms with Gasteiger partial charge in [-0.15, -0.1) is 0 Å². The average Bonchev–Trinajstić information content (AvgIpc) is 2.48. The van der Waals surface area contributed by atoms with Crippen molar-refractivity contribution in [3.05, 3.63) is 58.9 Å². The Morgan fingerprint density at radius 3 is 2.24 bits per heavy atom. The van der Waals surface area contributed by atoms with Crippen molar-refractivity contribution < 1.29 is 21.2 Å². The van der Waals surface area contributed by atoms with Crippen LogP contribution in [0.3, 0.4) is 0 Å². The summed E-state index contributed by atoms with van der Waals surface area (Å²) in [7, 11) is -7.52. The van der Waals surface area contributed by atoms with Crippen LogP contribution in [0.5, 0.6) is 0 Å². The van der Waals surface area contributed by atoms with Crippen LogP contribution in [0.25, 0.3) is 0 Å². The van der Waals surface area contributed by atoms with Crippen LogP contribution in [0, 0.1) is 12.7 Å². The number of hydrogen-bond acceptors (Lipinski definition) is 4. The summed E-state index contributed by atoms with van der Waals surface area (Å²) in [6.07, 6.45) is 0. The molecule has 2 aromatic rings. The molecule has 0 amide bonds. The molecule has 5 nitrogen and oxygen atoms in total. The predicted octanol–water partition coefficient (Wildman–Crippen LogP) is 2.63. The largest absolute Gasteiger partial charge is 0.243 e. The van der Waals surface area contributed by atoms with E-state index in [1.165, 1.54) is 24.3 Å². The van der Waals surface area contributed by atoms with Crippen molar-refractivity contribution >= 4 is 31.5 Å². The first-order valence-electron chi connectivity index (χ1n) is 7.39. The second-order valence-electron chi connectivity index (χ2n) is 5.81. The van der Waals surface area contributed by atoms with Crippen molar-refractivity contribution in [2.24, 2.45) is 0 Å². The Morgan fingerprint density at radius 2 is 1.64 bits per heavy atom. The zero-order valence-electron chi connectivity index (χ0n) is 13.2. The van der Waals surface area contributed by atoms with Gasteiger partial charge in [0.1, 0.15) is 5.82 Å². The first-order chi connectivity index (χ1) is 11.6. The first-order valence-corrected chi connectivity index (χ1v) is 10.7. The summed E-state index contributed by atoms with van der Waals surface area (Å²) < 4.78 is 64.4. The fraction of sp³-hybridized carbons (Fsp3) is 0.250. The van der Waals surface area contributed by atoms with E-state index in [0.717, 1.165) is 16.4 Å². The van der Waals surface area contributed by atoms with E-state index < -0.39 is 30.9 Å². The van der Waals surface area contributed by atoms with Gasteiger partial charge in [0.05, 0.1) is 15.0 Å². The number of sulfonamides is 1. The molecular weight excluding hydrogens is 389 g/mol. The monoisotopic (exact) mass is 403 g/mol. The normalized spacial score (nSPS) is 16.6. The zero-order chi connectivity index (χ0) is 18.4. The van der Waals surface area contributed by atoms with Gasteiger partial charge in [-0.25, -0.2) is 21.2 Å². The van der Waals surface area contributed by atoms with E-state index in [0.29, 0.717) is 10.6 Å². The van der Waals surface area contributed by atoms with E-state index in [2.05, 4.69) is 0 Å². The first kappa shape index (κ1) is 18.3. The Kier molecular flexibility index (Phi) is 4.65. The minimum absolute atomic E-state index is 0.0186. The van der Waals surface area contributed by atoms with E-state index in [-0.39, 0.29) is 22.9 Å². The maximum atomic E-state index is 13.0. The third-order valence-corrected chi connectivity index (χ3v) is 8.72. The van der Waals surface area contributed by atoms with E-state index >= 15 is 0 Å². The Balaban J connectivity index is 1.82. The van der Waals surface area contributed by atoms with Crippen molar-refractivity contribution in [3.63, 3.8) is 0 Å². The summed E-state index contributed by atoms with van der Waals surface area (Å²) in [5, 5.41) is -0.524. The van der Waals surface area contributed by atoms with Gasteiger partial charge in [0.15, 0.2) is 9.84 Å². The van der Waals surface area contributed by atoms with Crippen molar-refractivity contribution in [2.75, 3.05) is 13.1 Å². The minimum atomic E-state index is -3.81. The van der Waals surface area contributed by atoms with Crippen molar-refractivity contribution in [2.45, 2.75) is 22.0 Å². The molecule has 1 aliphatic rings. The van der Waals surface area contributed by atoms with Crippen LogP contribution in [0.4, 0.5) is 4.39 Å². The lowest BCUT2D eigenvalue weighted by Crippen LogP contribution is -2.56. The molecule has 1 fully saturated rings. The number of rotatable bonds is 4. The fourth-order valence-electron chi connectivity index (χ4n) is 2.62. The molecule has 2 aromatic carbocycles. The molecule has 134 valence electrons. The molecule has 1 saturated heterocycles. The Bertz CT molecular complexity index is 1010. The molecular formula is C16H15ClFNO4S2. The third-order valence-electron chi connectivity index (χ3n) is 4.23. The summed E-state index contributed by atoms with van der Waals surface area (Å²) in [4.78, 5) is 0.0486. The Morgan fingerprint density at radius 1 is 1.04 bits per heavy atom. The SMILES string of the molecule is Cc1c(Cl)cccc1S(=O)(=O)N1CC(S(=O)(=O)c2ccc(F)cc2)C1. The lowest BCUT2D eigenvalue weighted by atomic mass is 10.2. The van der Waals surface area contributed by atoms with Crippen molar-refractivity contribution in [1.29, 1.82) is 0 Å². The van der Waals surface area contributed by atoms with Gasteiger partial charge in [-0.05, 0) is 48.9 Å². The lowest BCUT2D eigenvalue weighted by molar-refractivity contribution is 0.309. The van der Waals surface area contributed by atoms with Gasteiger partial charge >= 0.3 is 0 Å². The van der Waals surface area contributed by atoms with Gasteiger partial charge in [-0.1, -0.05) is 17.7 Å². The van der Waals surface area contributed by atoms with Gasteiger partial charge in [0.2, 0.25) is 10.0 Å². The van der Waals surface area contributed by atoms with Crippen LogP contribution in [0.1, 0.15) is 5.56 Å². The molecule has 0 aromatic heterocycles.